The van der Waals surface area contributed by atoms with Gasteiger partial charge in [-0.25, -0.2) is 36.1 Å². The molecule has 1 aliphatic heterocycles. The highest BCUT2D eigenvalue weighted by atomic mass is 32.2. The number of esters is 4. The minimum absolute atomic E-state index is 0.0120. The molecular weight excluding hydrogens is 1290 g/mol. The van der Waals surface area contributed by atoms with Gasteiger partial charge >= 0.3 is 39.4 Å². The van der Waals surface area contributed by atoms with Gasteiger partial charge in [-0.15, -0.1) is 0 Å². The number of ether oxygens (including phenoxy) is 15. The average Bonchev–Trinajstić information content (AvgIpc) is 1.74. The van der Waals surface area contributed by atoms with Crippen LogP contribution in [-0.2, 0) is 122 Å². The molecule has 2 atom stereocenters. The van der Waals surface area contributed by atoms with Gasteiger partial charge in [0.2, 0.25) is 15.9 Å². The summed E-state index contributed by atoms with van der Waals surface area (Å²) < 4.78 is 150. The number of hydroxylamine groups is 1. The third kappa shape index (κ3) is 85.1. The highest BCUT2D eigenvalue weighted by molar-refractivity contribution is 7.90. The van der Waals surface area contributed by atoms with Gasteiger partial charge in [-0.1, -0.05) is 13.0 Å². The van der Waals surface area contributed by atoms with Crippen molar-refractivity contribution in [3.63, 3.8) is 0 Å². The van der Waals surface area contributed by atoms with Crippen LogP contribution >= 0.6 is 0 Å². The lowest BCUT2D eigenvalue weighted by atomic mass is 9.97. The Hall–Kier alpha value is -4.92. The lowest BCUT2D eigenvalue weighted by Gasteiger charge is -2.15. The van der Waals surface area contributed by atoms with Gasteiger partial charge in [-0.2, -0.15) is 23.9 Å². The predicted octanol–water partition coefficient (Wildman–Crippen LogP) is 3.43. The average molecular weight is 1400 g/mol. The number of amides is 1. The fourth-order valence-electron chi connectivity index (χ4n) is 4.44. The number of methoxy groups -OCH3 is 11. The maximum Gasteiger partial charge on any atom is 0.511 e. The molecule has 2 unspecified atom stereocenters. The minimum atomic E-state index is -5.25. The first-order chi connectivity index (χ1) is 43.6. The number of nitrogens with one attached hydrogen (secondary N) is 4. The zero-order chi connectivity index (χ0) is 73.0. The number of sulfonamides is 2. The van der Waals surface area contributed by atoms with E-state index in [-0.39, 0.29) is 42.4 Å². The molecule has 0 spiro atoms. The highest BCUT2D eigenvalue weighted by Gasteiger charge is 2.45. The molecule has 1 aromatic heterocycles. The molecule has 1 saturated heterocycles. The van der Waals surface area contributed by atoms with Gasteiger partial charge in [0, 0.05) is 130 Å². The van der Waals surface area contributed by atoms with Crippen molar-refractivity contribution < 1.29 is 130 Å². The van der Waals surface area contributed by atoms with E-state index in [4.69, 9.17) is 38.5 Å². The summed E-state index contributed by atoms with van der Waals surface area (Å²) in [5, 5.41) is 10.7. The van der Waals surface area contributed by atoms with E-state index in [0.717, 1.165) is 44.1 Å². The van der Waals surface area contributed by atoms with Crippen LogP contribution in [-0.4, -0.2) is 266 Å². The summed E-state index contributed by atoms with van der Waals surface area (Å²) in [6.07, 6.45) is 6.14. The number of hydrogen-bond donors (Lipinski definition) is 4. The second kappa shape index (κ2) is 69.9. The van der Waals surface area contributed by atoms with Crippen molar-refractivity contribution in [3.05, 3.63) is 29.6 Å². The van der Waals surface area contributed by atoms with Crippen LogP contribution in [0.5, 0.6) is 0 Å². The molecule has 93 heavy (non-hydrogen) atoms. The van der Waals surface area contributed by atoms with Crippen molar-refractivity contribution in [2.75, 3.05) is 203 Å². The molecule has 0 aromatic carbocycles. The summed E-state index contributed by atoms with van der Waals surface area (Å²) in [4.78, 5) is 61.3. The molecule has 36 heteroatoms. The first kappa shape index (κ1) is 102. The number of carbonyl (C=O) groups excluding carboxylic acids is 5. The molecule has 3 rings (SSSR count). The molecule has 31 nitrogen and oxygen atoms in total. The van der Waals surface area contributed by atoms with E-state index in [9.17, 15) is 54.0 Å². The maximum atomic E-state index is 11.6. The number of nitriles is 1. The second-order valence-electron chi connectivity index (χ2n) is 19.2. The quantitative estimate of drug-likeness (QED) is 0.0456. The summed E-state index contributed by atoms with van der Waals surface area (Å²) >= 11 is 0. The zero-order valence-electron chi connectivity index (χ0n) is 58.1. The van der Waals surface area contributed by atoms with Gasteiger partial charge in [-0.3, -0.25) is 24.0 Å². The molecule has 1 aliphatic carbocycles. The lowest BCUT2D eigenvalue weighted by molar-refractivity contribution is -0.154. The molecule has 552 valence electrons. The van der Waals surface area contributed by atoms with Crippen molar-refractivity contribution in [1.29, 1.82) is 5.26 Å². The van der Waals surface area contributed by atoms with Crippen molar-refractivity contribution in [1.82, 2.24) is 25.2 Å². The smallest absolute Gasteiger partial charge is 0.464 e. The van der Waals surface area contributed by atoms with Crippen molar-refractivity contribution >= 4 is 49.8 Å². The molecule has 4 N–H and O–H groups in total. The van der Waals surface area contributed by atoms with Gasteiger partial charge in [-0.05, 0) is 58.1 Å². The summed E-state index contributed by atoms with van der Waals surface area (Å²) in [6.45, 7) is 20.8. The molecule has 1 aromatic rings. The van der Waals surface area contributed by atoms with E-state index < -0.39 is 43.5 Å². The van der Waals surface area contributed by atoms with Crippen LogP contribution in [0.1, 0.15) is 83.8 Å². The minimum Gasteiger partial charge on any atom is -0.464 e. The Morgan fingerprint density at radius 2 is 1.19 bits per heavy atom. The molecule has 1 saturated carbocycles. The fraction of sp³-hybridized carbons (Fsp3) is 0.807. The van der Waals surface area contributed by atoms with Crippen molar-refractivity contribution in [2.45, 2.75) is 85.9 Å². The van der Waals surface area contributed by atoms with Crippen LogP contribution in [0, 0.1) is 28.6 Å². The van der Waals surface area contributed by atoms with E-state index in [1.807, 2.05) is 33.8 Å². The Morgan fingerprint density at radius 3 is 1.54 bits per heavy atom. The lowest BCUT2D eigenvalue weighted by Crippen LogP contribution is -2.38. The van der Waals surface area contributed by atoms with Crippen molar-refractivity contribution in [2.24, 2.45) is 17.3 Å². The Kier molecular flexibility index (Phi) is 76.4. The van der Waals surface area contributed by atoms with Gasteiger partial charge < -0.3 is 76.4 Å². The summed E-state index contributed by atoms with van der Waals surface area (Å²) in [7, 11) is 8.74. The number of nitrogens with zero attached hydrogens (tertiary/aromatic N) is 2. The van der Waals surface area contributed by atoms with Crippen LogP contribution in [0.3, 0.4) is 0 Å². The summed E-state index contributed by atoms with van der Waals surface area (Å²) in [6, 6.07) is 5.43. The standard InChI is InChI=1S/C9H11NO3.C8H16O3.C7H14O2.C6H12O3.C5H11NO2.C5H9NO.C5H10O3.C4H8F3NO3S.C4H11NO3S.C4H9NO2/c1-12-6-7-3-4-8(10-5-7)9(11)13-2;1-8(2,3)7(9)11-6-5-10-4;1-8-4-5-9-6-7-2-3-7;1-3-6(7)9-5-4-8-2;1-5(7)6-3-4-8-2;1-5(3-6)4-7-2;1-5(6)8-4-3-7-2;1-11-3-2-8-12(9,10)4(5,6)7;1-8-4-3-5-9(2,6)7;1-6-4-2-5-7-3-4/h3-5H,6H2,1-2H3;5-6H2,1-4H3;7H,2-6H2,1H3;3-5H2,1-2H3;3-4H2,1-2H3,(H,6,7);5H,4H2,1-2H3;3-4H2,1-2H3;8H,2-3H2,1H3;5H,3-4H2,1-2H3;4-5H,2-3H2,1H3. The maximum absolute atomic E-state index is 11.6. The fourth-order valence-corrected chi connectivity index (χ4v) is 5.41. The van der Waals surface area contributed by atoms with Gasteiger partial charge in [0.1, 0.15) is 25.5 Å². The number of aromatic nitrogens is 1. The molecule has 1 amide bonds. The summed E-state index contributed by atoms with van der Waals surface area (Å²) in [5.74, 6) is -0.151. The number of rotatable bonds is 32. The van der Waals surface area contributed by atoms with Crippen molar-refractivity contribution in [3.8, 4) is 6.07 Å². The number of hydrogen-bond acceptors (Lipinski definition) is 28. The van der Waals surface area contributed by atoms with E-state index in [0.29, 0.717) is 97.9 Å². The van der Waals surface area contributed by atoms with Crippen LogP contribution in [0.25, 0.3) is 0 Å². The van der Waals surface area contributed by atoms with Gasteiger partial charge in [0.15, 0.2) is 0 Å². The molecule has 2 fully saturated rings. The van der Waals surface area contributed by atoms with Crippen LogP contribution in [0.2, 0.25) is 0 Å². The Balaban J connectivity index is -0.000000178. The van der Waals surface area contributed by atoms with E-state index >= 15 is 0 Å². The largest absolute Gasteiger partial charge is 0.511 e. The third-order valence-corrected chi connectivity index (χ3v) is 11.4. The predicted molar refractivity (Wildman–Crippen MR) is 337 cm³/mol. The number of carbonyl (C=O) groups is 5. The molecule has 0 radical (unpaired) electrons. The zero-order valence-corrected chi connectivity index (χ0v) is 59.7. The second-order valence-corrected chi connectivity index (χ2v) is 22.8. The number of halogens is 3. The summed E-state index contributed by atoms with van der Waals surface area (Å²) in [5.41, 5.74) is -1.73. The highest BCUT2D eigenvalue weighted by Crippen LogP contribution is 2.28. The molecule has 2 heterocycles. The van der Waals surface area contributed by atoms with Gasteiger partial charge in [0.05, 0.1) is 110 Å². The number of alkyl halides is 3. The number of pyridine rings is 1. The first-order valence-electron chi connectivity index (χ1n) is 28.7. The SMILES string of the molecule is CCC(=O)OCCOC.COC1CNOC1.COCC(C)C#N.COCCNC(C)=O.COCCNS(=O)(=O)C(F)(F)F.COCCNS(C)(=O)=O.COCCOC(=O)C(C)(C)C.COCCOC(C)=O.COCCOCC1CC1.COCc1ccc(C(=O)OC)nc1. The monoisotopic (exact) mass is 1400 g/mol. The Morgan fingerprint density at radius 1 is 0.699 bits per heavy atom. The Bertz CT molecular complexity index is 2160. The van der Waals surface area contributed by atoms with E-state index in [2.05, 4.69) is 63.1 Å². The van der Waals surface area contributed by atoms with Crippen LogP contribution in [0.4, 0.5) is 13.2 Å². The van der Waals surface area contributed by atoms with E-state index in [1.54, 1.807) is 82.1 Å². The molecule has 2 aliphatic rings. The van der Waals surface area contributed by atoms with Crippen LogP contribution in [0.15, 0.2) is 18.3 Å². The normalized spacial score (nSPS) is 13.0. The molecule has 0 bridgehead atoms. The van der Waals surface area contributed by atoms with Gasteiger partial charge in [0.25, 0.3) is 0 Å². The Labute approximate surface area is 550 Å². The topological polar surface area (TPSA) is 386 Å². The third-order valence-electron chi connectivity index (χ3n) is 9.48. The van der Waals surface area contributed by atoms with Crippen LogP contribution < -0.4 is 20.2 Å². The molecular formula is C57H111F3N6O25S2. The van der Waals surface area contributed by atoms with E-state index in [1.165, 1.54) is 52.7 Å². The first-order valence-corrected chi connectivity index (χ1v) is 32.0.